The molecule has 0 N–H and O–H groups in total. The molecule has 0 bridgehead atoms. The molecular weight excluding hydrogens is 268 g/mol. The highest BCUT2D eigenvalue weighted by Crippen LogP contribution is 2.24. The predicted molar refractivity (Wildman–Crippen MR) is 79.3 cm³/mol. The van der Waals surface area contributed by atoms with Crippen molar-refractivity contribution in [3.8, 4) is 6.01 Å². The third-order valence-corrected chi connectivity index (χ3v) is 4.39. The van der Waals surface area contributed by atoms with E-state index in [1.165, 1.54) is 0 Å². The quantitative estimate of drug-likeness (QED) is 0.837. The maximum Gasteiger partial charge on any atom is 0.318 e. The summed E-state index contributed by atoms with van der Waals surface area (Å²) in [5.41, 5.74) is 0. The van der Waals surface area contributed by atoms with Gasteiger partial charge in [-0.05, 0) is 31.2 Å². The second-order valence-electron chi connectivity index (χ2n) is 5.78. The zero-order valence-electron chi connectivity index (χ0n) is 12.5. The number of aromatic nitrogens is 2. The van der Waals surface area contributed by atoms with Crippen molar-refractivity contribution in [1.82, 2.24) is 14.9 Å². The number of rotatable bonds is 4. The van der Waals surface area contributed by atoms with Crippen molar-refractivity contribution in [2.75, 3.05) is 38.2 Å². The van der Waals surface area contributed by atoms with Gasteiger partial charge in [-0.25, -0.2) is 4.98 Å². The van der Waals surface area contributed by atoms with Crippen LogP contribution in [0.2, 0.25) is 0 Å². The molecule has 2 saturated heterocycles. The number of piperidine rings is 1. The molecule has 3 rings (SSSR count). The Hall–Kier alpha value is -1.85. The van der Waals surface area contributed by atoms with E-state index in [-0.39, 0.29) is 0 Å². The number of hydrogen-bond donors (Lipinski definition) is 0. The normalized spacial score (nSPS) is 20.1. The number of carbonyl (C=O) groups is 1. The Morgan fingerprint density at radius 2 is 2.14 bits per heavy atom. The van der Waals surface area contributed by atoms with Crippen LogP contribution in [0, 0.1) is 5.92 Å². The summed E-state index contributed by atoms with van der Waals surface area (Å²) in [6.07, 6.45) is 5.71. The van der Waals surface area contributed by atoms with Crippen LogP contribution in [-0.4, -0.2) is 54.1 Å². The maximum atomic E-state index is 11.7. The summed E-state index contributed by atoms with van der Waals surface area (Å²) in [4.78, 5) is 24.4. The fourth-order valence-corrected chi connectivity index (χ4v) is 3.16. The molecule has 0 saturated carbocycles. The topological polar surface area (TPSA) is 58.6 Å². The lowest BCUT2D eigenvalue weighted by molar-refractivity contribution is -0.128. The number of nitrogens with zero attached hydrogens (tertiary/aromatic N) is 4. The van der Waals surface area contributed by atoms with Crippen LogP contribution in [0.25, 0.3) is 0 Å². The standard InChI is InChI=1S/C15H22N4O2/c1-21-15-16-7-4-13(17-15)18-9-5-12(6-10-18)11-19-8-2-3-14(19)20/h4,7,12H,2-3,5-6,8-11H2,1H3. The first-order valence-corrected chi connectivity index (χ1v) is 7.66. The van der Waals surface area contributed by atoms with E-state index in [0.717, 1.165) is 57.7 Å². The van der Waals surface area contributed by atoms with Gasteiger partial charge in [-0.3, -0.25) is 4.79 Å². The highest BCUT2D eigenvalue weighted by Gasteiger charge is 2.26. The van der Waals surface area contributed by atoms with Gasteiger partial charge in [0.25, 0.3) is 0 Å². The van der Waals surface area contributed by atoms with E-state index in [4.69, 9.17) is 4.74 Å². The Morgan fingerprint density at radius 3 is 2.81 bits per heavy atom. The number of anilines is 1. The average molecular weight is 290 g/mol. The summed E-state index contributed by atoms with van der Waals surface area (Å²) in [5, 5.41) is 0. The van der Waals surface area contributed by atoms with Crippen LogP contribution in [0.1, 0.15) is 25.7 Å². The van der Waals surface area contributed by atoms with E-state index in [1.807, 2.05) is 11.0 Å². The zero-order valence-corrected chi connectivity index (χ0v) is 12.5. The van der Waals surface area contributed by atoms with Crippen LogP contribution >= 0.6 is 0 Å². The Labute approximate surface area is 125 Å². The minimum atomic E-state index is 0.331. The molecule has 0 spiro atoms. The number of carbonyl (C=O) groups excluding carboxylic acids is 1. The van der Waals surface area contributed by atoms with Gasteiger partial charge in [-0.2, -0.15) is 4.98 Å². The first kappa shape index (κ1) is 14.1. The van der Waals surface area contributed by atoms with E-state index in [0.29, 0.717) is 17.8 Å². The van der Waals surface area contributed by atoms with Crippen molar-refractivity contribution >= 4 is 11.7 Å². The number of methoxy groups -OCH3 is 1. The molecule has 2 aliphatic heterocycles. The molecule has 114 valence electrons. The van der Waals surface area contributed by atoms with Crippen LogP contribution in [0.5, 0.6) is 6.01 Å². The first-order valence-electron chi connectivity index (χ1n) is 7.66. The number of hydrogen-bond acceptors (Lipinski definition) is 5. The molecule has 1 aromatic rings. The molecule has 0 unspecified atom stereocenters. The number of likely N-dealkylation sites (tertiary alicyclic amines) is 1. The van der Waals surface area contributed by atoms with Crippen molar-refractivity contribution in [2.24, 2.45) is 5.92 Å². The summed E-state index contributed by atoms with van der Waals surface area (Å²) in [5.74, 6) is 1.88. The minimum absolute atomic E-state index is 0.331. The fourth-order valence-electron chi connectivity index (χ4n) is 3.16. The predicted octanol–water partition coefficient (Wildman–Crippen LogP) is 1.32. The summed E-state index contributed by atoms with van der Waals surface area (Å²) in [6.45, 7) is 3.83. The molecule has 6 nitrogen and oxygen atoms in total. The third kappa shape index (κ3) is 3.25. The average Bonchev–Trinajstić information content (AvgIpc) is 2.93. The summed E-state index contributed by atoms with van der Waals surface area (Å²) >= 11 is 0. The SMILES string of the molecule is COc1nccc(N2CCC(CN3CCCC3=O)CC2)n1. The van der Waals surface area contributed by atoms with Gasteiger partial charge in [0.05, 0.1) is 7.11 Å². The van der Waals surface area contributed by atoms with Gasteiger partial charge < -0.3 is 14.5 Å². The maximum absolute atomic E-state index is 11.7. The Kier molecular flexibility index (Phi) is 4.22. The van der Waals surface area contributed by atoms with E-state index in [1.54, 1.807) is 13.3 Å². The van der Waals surface area contributed by atoms with Gasteiger partial charge in [0, 0.05) is 38.8 Å². The molecule has 21 heavy (non-hydrogen) atoms. The summed E-state index contributed by atoms with van der Waals surface area (Å²) in [6, 6.07) is 2.34. The van der Waals surface area contributed by atoms with Crippen LogP contribution in [0.4, 0.5) is 5.82 Å². The Morgan fingerprint density at radius 1 is 1.33 bits per heavy atom. The highest BCUT2D eigenvalue weighted by atomic mass is 16.5. The van der Waals surface area contributed by atoms with Crippen LogP contribution < -0.4 is 9.64 Å². The smallest absolute Gasteiger partial charge is 0.318 e. The molecular formula is C15H22N4O2. The Bertz CT molecular complexity index is 500. The van der Waals surface area contributed by atoms with Gasteiger partial charge in [0.2, 0.25) is 5.91 Å². The van der Waals surface area contributed by atoms with Gasteiger partial charge in [0.1, 0.15) is 5.82 Å². The van der Waals surface area contributed by atoms with Crippen molar-refractivity contribution in [3.05, 3.63) is 12.3 Å². The molecule has 0 aromatic carbocycles. The molecule has 2 aliphatic rings. The van der Waals surface area contributed by atoms with Crippen molar-refractivity contribution in [2.45, 2.75) is 25.7 Å². The van der Waals surface area contributed by atoms with Gasteiger partial charge in [0.15, 0.2) is 0 Å². The van der Waals surface area contributed by atoms with E-state index in [2.05, 4.69) is 14.9 Å². The van der Waals surface area contributed by atoms with Crippen molar-refractivity contribution in [3.63, 3.8) is 0 Å². The molecule has 0 aliphatic carbocycles. The lowest BCUT2D eigenvalue weighted by Crippen LogP contribution is -2.39. The molecule has 2 fully saturated rings. The van der Waals surface area contributed by atoms with Gasteiger partial charge in [-0.15, -0.1) is 0 Å². The second kappa shape index (κ2) is 6.28. The molecule has 0 atom stereocenters. The molecule has 3 heterocycles. The lowest BCUT2D eigenvalue weighted by atomic mass is 9.96. The number of amides is 1. The lowest BCUT2D eigenvalue weighted by Gasteiger charge is -2.34. The molecule has 1 aromatic heterocycles. The van der Waals surface area contributed by atoms with Gasteiger partial charge >= 0.3 is 6.01 Å². The van der Waals surface area contributed by atoms with Gasteiger partial charge in [-0.1, -0.05) is 0 Å². The number of ether oxygens (including phenoxy) is 1. The van der Waals surface area contributed by atoms with Crippen molar-refractivity contribution in [1.29, 1.82) is 0 Å². The first-order chi connectivity index (χ1) is 10.3. The fraction of sp³-hybridized carbons (Fsp3) is 0.667. The summed E-state index contributed by atoms with van der Waals surface area (Å²) < 4.78 is 5.07. The minimum Gasteiger partial charge on any atom is -0.467 e. The largest absolute Gasteiger partial charge is 0.467 e. The monoisotopic (exact) mass is 290 g/mol. The zero-order chi connectivity index (χ0) is 14.7. The third-order valence-electron chi connectivity index (χ3n) is 4.39. The van der Waals surface area contributed by atoms with Crippen LogP contribution in [0.15, 0.2) is 12.3 Å². The molecule has 6 heteroatoms. The summed E-state index contributed by atoms with van der Waals surface area (Å²) in [7, 11) is 1.58. The van der Waals surface area contributed by atoms with Crippen molar-refractivity contribution < 1.29 is 9.53 Å². The van der Waals surface area contributed by atoms with Crippen LogP contribution in [0.3, 0.4) is 0 Å². The second-order valence-corrected chi connectivity index (χ2v) is 5.78. The Balaban J connectivity index is 1.53. The van der Waals surface area contributed by atoms with E-state index in [9.17, 15) is 4.79 Å². The van der Waals surface area contributed by atoms with E-state index < -0.39 is 0 Å². The highest BCUT2D eigenvalue weighted by molar-refractivity contribution is 5.78. The van der Waals surface area contributed by atoms with Crippen LogP contribution in [-0.2, 0) is 4.79 Å². The van der Waals surface area contributed by atoms with E-state index >= 15 is 0 Å². The molecule has 0 radical (unpaired) electrons. The molecule has 1 amide bonds.